The van der Waals surface area contributed by atoms with Gasteiger partial charge in [-0.25, -0.2) is 4.58 Å². The van der Waals surface area contributed by atoms with Gasteiger partial charge in [-0.2, -0.15) is 4.57 Å². The molecule has 2 heterocycles. The van der Waals surface area contributed by atoms with Crippen LogP contribution in [-0.2, 0) is 7.05 Å². The van der Waals surface area contributed by atoms with Crippen LogP contribution in [0.15, 0.2) is 60.9 Å². The second-order valence-corrected chi connectivity index (χ2v) is 5.74. The zero-order chi connectivity index (χ0) is 18.2. The molecule has 0 atom stereocenters. The van der Waals surface area contributed by atoms with Gasteiger partial charge in [0.25, 0.3) is 5.52 Å². The summed E-state index contributed by atoms with van der Waals surface area (Å²) >= 11 is 0. The van der Waals surface area contributed by atoms with Gasteiger partial charge in [-0.3, -0.25) is 4.84 Å². The van der Waals surface area contributed by atoms with Crippen LogP contribution in [0.3, 0.4) is 0 Å². The molecule has 1 aromatic carbocycles. The van der Waals surface area contributed by atoms with E-state index >= 15 is 0 Å². The van der Waals surface area contributed by atoms with Gasteiger partial charge in [0.1, 0.15) is 28.3 Å². The molecule has 5 heteroatoms. The van der Waals surface area contributed by atoms with E-state index < -0.39 is 0 Å². The fraction of sp³-hybridized carbons (Fsp3) is 0.375. The van der Waals surface area contributed by atoms with Crippen molar-refractivity contribution in [1.82, 2.24) is 0 Å². The summed E-state index contributed by atoms with van der Waals surface area (Å²) in [6, 6.07) is 16.1. The van der Waals surface area contributed by atoms with Crippen molar-refractivity contribution in [1.29, 1.82) is 0 Å². The van der Waals surface area contributed by atoms with Crippen LogP contribution in [0.25, 0.3) is 10.9 Å². The molecular weight excluding hydrogens is 362 g/mol. The number of fused-ring (bicyclic) bond motifs is 1. The van der Waals surface area contributed by atoms with Gasteiger partial charge in [0.05, 0.1) is 12.5 Å². The predicted octanol–water partition coefficient (Wildman–Crippen LogP) is 3.94. The fourth-order valence-electron chi connectivity index (χ4n) is 2.54. The van der Waals surface area contributed by atoms with Crippen LogP contribution in [0.4, 0.5) is 0 Å². The summed E-state index contributed by atoms with van der Waals surface area (Å²) in [5, 5.41) is 1.20. The first-order chi connectivity index (χ1) is 12.1. The molecule has 162 valence electrons. The molecule has 3 aromatic rings. The van der Waals surface area contributed by atoms with Gasteiger partial charge in [-0.1, -0.05) is 35.8 Å². The van der Waals surface area contributed by atoms with Crippen LogP contribution in [0.5, 0.6) is 5.75 Å². The third-order valence-electron chi connectivity index (χ3n) is 3.63. The Balaban J connectivity index is -0.000000411. The zero-order valence-electron chi connectivity index (χ0n) is 15.5. The summed E-state index contributed by atoms with van der Waals surface area (Å²) in [6.45, 7) is 0. The van der Waals surface area contributed by atoms with Crippen LogP contribution in [0.1, 0.15) is 35.4 Å². The number of hydrogen-bond donors (Lipinski definition) is 0. The predicted molar refractivity (Wildman–Crippen MR) is 125 cm³/mol. The minimum Gasteiger partial charge on any atom is -0.490 e. The lowest BCUT2D eigenvalue weighted by Crippen LogP contribution is -2.44. The maximum absolute atomic E-state index is 5.29. The number of methoxy groups -OCH3 is 1. The van der Waals surface area contributed by atoms with E-state index in [0.717, 1.165) is 17.0 Å². The number of ether oxygens (including phenoxy) is 1. The SMILES string of the molecule is C.C.C.C.CO[n+]1ccccc1C=[N+](C)C.COc1cccc2ccc[n+](C)c12. The lowest BCUT2D eigenvalue weighted by molar-refractivity contribution is -0.886. The molecule has 0 fully saturated rings. The van der Waals surface area contributed by atoms with Gasteiger partial charge in [-0.05, 0) is 24.3 Å². The Labute approximate surface area is 178 Å². The van der Waals surface area contributed by atoms with Gasteiger partial charge in [0.15, 0.2) is 11.9 Å². The number of para-hydroxylation sites is 1. The third-order valence-corrected chi connectivity index (χ3v) is 3.63. The molecule has 0 aliphatic carbocycles. The van der Waals surface area contributed by atoms with Gasteiger partial charge in [0, 0.05) is 22.9 Å². The second-order valence-electron chi connectivity index (χ2n) is 5.74. The largest absolute Gasteiger partial charge is 0.490 e. The highest BCUT2D eigenvalue weighted by atomic mass is 16.6. The summed E-state index contributed by atoms with van der Waals surface area (Å²) in [6.07, 6.45) is 5.88. The van der Waals surface area contributed by atoms with Crippen molar-refractivity contribution in [3.63, 3.8) is 0 Å². The smallest absolute Gasteiger partial charge is 0.319 e. The Kier molecular flexibility index (Phi) is 15.9. The van der Waals surface area contributed by atoms with E-state index in [1.807, 2.05) is 80.7 Å². The van der Waals surface area contributed by atoms with Crippen LogP contribution in [-0.4, -0.2) is 39.1 Å². The second kappa shape index (κ2) is 15.0. The third kappa shape index (κ3) is 8.30. The zero-order valence-corrected chi connectivity index (χ0v) is 15.5. The normalized spacial score (nSPS) is 8.45. The fourth-order valence-corrected chi connectivity index (χ4v) is 2.54. The summed E-state index contributed by atoms with van der Waals surface area (Å²) in [4.78, 5) is 5.10. The quantitative estimate of drug-likeness (QED) is 0.489. The molecule has 0 unspecified atom stereocenters. The summed E-state index contributed by atoms with van der Waals surface area (Å²) in [5.74, 6) is 0.917. The molecule has 29 heavy (non-hydrogen) atoms. The van der Waals surface area contributed by atoms with E-state index in [1.165, 1.54) is 5.39 Å². The highest BCUT2D eigenvalue weighted by Crippen LogP contribution is 2.20. The van der Waals surface area contributed by atoms with Crippen molar-refractivity contribution in [3.8, 4) is 5.75 Å². The van der Waals surface area contributed by atoms with Gasteiger partial charge >= 0.3 is 5.69 Å². The maximum atomic E-state index is 5.29. The van der Waals surface area contributed by atoms with Crippen molar-refractivity contribution in [2.45, 2.75) is 29.7 Å². The first-order valence-corrected chi connectivity index (χ1v) is 8.04. The summed E-state index contributed by atoms with van der Waals surface area (Å²) in [7, 11) is 9.32. The molecular formula is C24H42N3O2+3. The molecule has 0 amide bonds. The van der Waals surface area contributed by atoms with Crippen LogP contribution in [0.2, 0.25) is 0 Å². The van der Waals surface area contributed by atoms with E-state index in [0.29, 0.717) is 0 Å². The van der Waals surface area contributed by atoms with Crippen molar-refractivity contribution >= 4 is 17.1 Å². The summed E-state index contributed by atoms with van der Waals surface area (Å²) < 4.78 is 11.0. The monoisotopic (exact) mass is 404 g/mol. The number of aryl methyl sites for hydroxylation is 1. The first kappa shape index (κ1) is 30.8. The Bertz CT molecular complexity index is 868. The highest BCUT2D eigenvalue weighted by molar-refractivity contribution is 5.81. The molecule has 0 aliphatic rings. The summed E-state index contributed by atoms with van der Waals surface area (Å²) in [5.41, 5.74) is 2.15. The molecule has 0 radical (unpaired) electrons. The Hall–Kier alpha value is -2.95. The number of hydrogen-bond acceptors (Lipinski definition) is 2. The number of nitrogens with zero attached hydrogens (tertiary/aromatic N) is 3. The molecule has 0 N–H and O–H groups in total. The van der Waals surface area contributed by atoms with Crippen molar-refractivity contribution in [3.05, 3.63) is 66.6 Å². The number of benzene rings is 1. The molecule has 2 aromatic heterocycles. The van der Waals surface area contributed by atoms with Gasteiger partial charge < -0.3 is 4.74 Å². The molecule has 5 nitrogen and oxygen atoms in total. The van der Waals surface area contributed by atoms with Gasteiger partial charge in [-0.15, -0.1) is 0 Å². The standard InChI is InChI=1S/C11H12NO.C9H14N2O.4CH4/c1-12-8-4-6-9-5-3-7-10(13-2)11(9)12;1-10(2)8-9-6-4-5-7-11(9)12-3;;;;/h3-8H,1-2H3;4-8H,1-3H3;4*1H4/q+1;+2;;;;. The minimum absolute atomic E-state index is 0. The molecule has 0 saturated heterocycles. The highest BCUT2D eigenvalue weighted by Gasteiger charge is 2.10. The lowest BCUT2D eigenvalue weighted by atomic mass is 10.2. The molecule has 3 rings (SSSR count). The van der Waals surface area contributed by atoms with E-state index in [4.69, 9.17) is 9.57 Å². The Morgan fingerprint density at radius 2 is 1.48 bits per heavy atom. The molecule has 0 saturated carbocycles. The Morgan fingerprint density at radius 3 is 2.07 bits per heavy atom. The van der Waals surface area contributed by atoms with Crippen LogP contribution in [0, 0.1) is 0 Å². The average molecular weight is 405 g/mol. The molecule has 0 aliphatic heterocycles. The van der Waals surface area contributed by atoms with Crippen molar-refractivity contribution in [2.24, 2.45) is 7.05 Å². The lowest BCUT2D eigenvalue weighted by Gasteiger charge is -2.01. The maximum Gasteiger partial charge on any atom is 0.319 e. The van der Waals surface area contributed by atoms with E-state index in [-0.39, 0.29) is 29.7 Å². The Morgan fingerprint density at radius 1 is 0.828 bits per heavy atom. The van der Waals surface area contributed by atoms with Crippen LogP contribution < -0.4 is 18.9 Å². The van der Waals surface area contributed by atoms with Crippen molar-refractivity contribution in [2.75, 3.05) is 28.3 Å². The minimum atomic E-state index is 0. The van der Waals surface area contributed by atoms with Gasteiger partial charge in [0.2, 0.25) is 12.4 Å². The number of pyridine rings is 2. The van der Waals surface area contributed by atoms with E-state index in [9.17, 15) is 0 Å². The number of rotatable bonds is 3. The first-order valence-electron chi connectivity index (χ1n) is 8.04. The van der Waals surface area contributed by atoms with Crippen molar-refractivity contribution < 1.29 is 23.4 Å². The number of aromatic nitrogens is 2. The van der Waals surface area contributed by atoms with Crippen LogP contribution >= 0.6 is 0 Å². The average Bonchev–Trinajstić information content (AvgIpc) is 2.62. The molecule has 0 spiro atoms. The van der Waals surface area contributed by atoms with E-state index in [1.54, 1.807) is 19.0 Å². The molecule has 0 bridgehead atoms. The topological polar surface area (TPSA) is 29.2 Å². The van der Waals surface area contributed by atoms with E-state index in [2.05, 4.69) is 16.7 Å².